The molecule has 0 unspecified atom stereocenters. The van der Waals surface area contributed by atoms with E-state index in [9.17, 15) is 18.4 Å². The summed E-state index contributed by atoms with van der Waals surface area (Å²) in [5, 5.41) is 6.77. The smallest absolute Gasteiger partial charge is 0.264 e. The number of aromatic nitrogens is 4. The van der Waals surface area contributed by atoms with E-state index in [0.717, 1.165) is 16.7 Å². The SMILES string of the molecule is CC(C)(C)n1ncc2c(=O)n(CC(=O)Nc3ccc(F)cc3F)cnc21. The predicted molar refractivity (Wildman–Crippen MR) is 91.8 cm³/mol. The Morgan fingerprint density at radius 1 is 1.27 bits per heavy atom. The number of hydrogen-bond acceptors (Lipinski definition) is 4. The Morgan fingerprint density at radius 2 is 2.00 bits per heavy atom. The molecule has 0 atom stereocenters. The van der Waals surface area contributed by atoms with Gasteiger partial charge in [-0.3, -0.25) is 14.2 Å². The number of carbonyl (C=O) groups is 1. The third kappa shape index (κ3) is 3.32. The Labute approximate surface area is 147 Å². The molecule has 1 amide bonds. The van der Waals surface area contributed by atoms with Gasteiger partial charge in [0.25, 0.3) is 5.56 Å². The number of halogens is 2. The van der Waals surface area contributed by atoms with Crippen molar-refractivity contribution >= 4 is 22.6 Å². The lowest BCUT2D eigenvalue weighted by Crippen LogP contribution is -2.29. The van der Waals surface area contributed by atoms with Gasteiger partial charge in [-0.1, -0.05) is 0 Å². The first-order valence-electron chi connectivity index (χ1n) is 7.85. The minimum Gasteiger partial charge on any atom is -0.322 e. The first-order chi connectivity index (χ1) is 12.2. The van der Waals surface area contributed by atoms with Crippen LogP contribution in [0.3, 0.4) is 0 Å². The van der Waals surface area contributed by atoms with E-state index in [0.29, 0.717) is 11.7 Å². The number of carbonyl (C=O) groups excluding carboxylic acids is 1. The summed E-state index contributed by atoms with van der Waals surface area (Å²) in [6, 6.07) is 2.80. The van der Waals surface area contributed by atoms with Crippen LogP contribution >= 0.6 is 0 Å². The molecule has 0 spiro atoms. The number of anilines is 1. The first kappa shape index (κ1) is 17.7. The summed E-state index contributed by atoms with van der Waals surface area (Å²) in [5.74, 6) is -2.28. The lowest BCUT2D eigenvalue weighted by molar-refractivity contribution is -0.116. The van der Waals surface area contributed by atoms with E-state index in [-0.39, 0.29) is 23.2 Å². The highest BCUT2D eigenvalue weighted by atomic mass is 19.1. The monoisotopic (exact) mass is 361 g/mol. The summed E-state index contributed by atoms with van der Waals surface area (Å²) in [4.78, 5) is 28.8. The van der Waals surface area contributed by atoms with Crippen molar-refractivity contribution in [2.24, 2.45) is 0 Å². The van der Waals surface area contributed by atoms with Crippen LogP contribution in [0.25, 0.3) is 11.0 Å². The van der Waals surface area contributed by atoms with Gasteiger partial charge < -0.3 is 5.32 Å². The van der Waals surface area contributed by atoms with Crippen molar-refractivity contribution < 1.29 is 13.6 Å². The standard InChI is InChI=1S/C17H17F2N5O2/c1-17(2,3)24-15-11(7-21-24)16(26)23(9-20-15)8-14(25)22-13-5-4-10(18)6-12(13)19/h4-7,9H,8H2,1-3H3,(H,22,25). The minimum atomic E-state index is -0.897. The zero-order valence-electron chi connectivity index (χ0n) is 14.5. The molecule has 26 heavy (non-hydrogen) atoms. The summed E-state index contributed by atoms with van der Waals surface area (Å²) in [7, 11) is 0. The maximum absolute atomic E-state index is 13.6. The molecule has 136 valence electrons. The molecule has 2 aromatic heterocycles. The summed E-state index contributed by atoms with van der Waals surface area (Å²) in [5.41, 5.74) is -0.534. The molecule has 3 aromatic rings. The van der Waals surface area contributed by atoms with E-state index in [1.807, 2.05) is 20.8 Å². The Balaban J connectivity index is 1.86. The Bertz CT molecular complexity index is 1050. The molecule has 0 saturated carbocycles. The van der Waals surface area contributed by atoms with Crippen LogP contribution in [0.1, 0.15) is 20.8 Å². The maximum Gasteiger partial charge on any atom is 0.264 e. The second kappa shape index (κ2) is 6.32. The maximum atomic E-state index is 13.6. The second-order valence-electron chi connectivity index (χ2n) is 6.81. The molecule has 0 aliphatic heterocycles. The van der Waals surface area contributed by atoms with Crippen LogP contribution in [-0.4, -0.2) is 25.2 Å². The molecule has 7 nitrogen and oxygen atoms in total. The van der Waals surface area contributed by atoms with Gasteiger partial charge in [0.1, 0.15) is 29.9 Å². The molecule has 0 saturated heterocycles. The van der Waals surface area contributed by atoms with E-state index in [4.69, 9.17) is 0 Å². The van der Waals surface area contributed by atoms with Crippen LogP contribution in [0, 0.1) is 11.6 Å². The highest BCUT2D eigenvalue weighted by Crippen LogP contribution is 2.18. The highest BCUT2D eigenvalue weighted by molar-refractivity contribution is 5.90. The van der Waals surface area contributed by atoms with Gasteiger partial charge in [0, 0.05) is 6.07 Å². The predicted octanol–water partition coefficient (Wildman–Crippen LogP) is 2.26. The van der Waals surface area contributed by atoms with Crippen molar-refractivity contribution in [2.75, 3.05) is 5.32 Å². The quantitative estimate of drug-likeness (QED) is 0.776. The van der Waals surface area contributed by atoms with E-state index >= 15 is 0 Å². The largest absolute Gasteiger partial charge is 0.322 e. The topological polar surface area (TPSA) is 81.8 Å². The molecular formula is C17H17F2N5O2. The van der Waals surface area contributed by atoms with Crippen LogP contribution in [-0.2, 0) is 16.9 Å². The normalized spacial score (nSPS) is 11.7. The minimum absolute atomic E-state index is 0.168. The third-order valence-electron chi connectivity index (χ3n) is 3.71. The van der Waals surface area contributed by atoms with Crippen molar-refractivity contribution in [3.8, 4) is 0 Å². The van der Waals surface area contributed by atoms with E-state index in [2.05, 4.69) is 15.4 Å². The Morgan fingerprint density at radius 3 is 2.65 bits per heavy atom. The van der Waals surface area contributed by atoms with Crippen molar-refractivity contribution in [1.29, 1.82) is 0 Å². The van der Waals surface area contributed by atoms with Gasteiger partial charge in [-0.2, -0.15) is 5.10 Å². The molecule has 9 heteroatoms. The average Bonchev–Trinajstić information content (AvgIpc) is 2.98. The van der Waals surface area contributed by atoms with Crippen LogP contribution in [0.15, 0.2) is 35.5 Å². The first-order valence-corrected chi connectivity index (χ1v) is 7.85. The van der Waals surface area contributed by atoms with Gasteiger partial charge in [0.15, 0.2) is 5.65 Å². The van der Waals surface area contributed by atoms with Crippen molar-refractivity contribution in [2.45, 2.75) is 32.9 Å². The molecule has 0 bridgehead atoms. The number of amides is 1. The lowest BCUT2D eigenvalue weighted by atomic mass is 10.1. The van der Waals surface area contributed by atoms with Crippen molar-refractivity contribution in [1.82, 2.24) is 19.3 Å². The summed E-state index contributed by atoms with van der Waals surface area (Å²) in [6.07, 6.45) is 2.65. The van der Waals surface area contributed by atoms with Gasteiger partial charge >= 0.3 is 0 Å². The lowest BCUT2D eigenvalue weighted by Gasteiger charge is -2.19. The molecule has 0 radical (unpaired) electrons. The fraction of sp³-hybridized carbons (Fsp3) is 0.294. The van der Waals surface area contributed by atoms with Gasteiger partial charge in [-0.05, 0) is 32.9 Å². The van der Waals surface area contributed by atoms with Gasteiger partial charge in [-0.15, -0.1) is 0 Å². The zero-order chi connectivity index (χ0) is 19.1. The number of benzene rings is 1. The fourth-order valence-corrected chi connectivity index (χ4v) is 2.49. The van der Waals surface area contributed by atoms with Crippen molar-refractivity contribution in [3.05, 3.63) is 52.7 Å². The van der Waals surface area contributed by atoms with E-state index in [1.54, 1.807) is 4.68 Å². The molecule has 3 rings (SSSR count). The third-order valence-corrected chi connectivity index (χ3v) is 3.71. The number of nitrogens with one attached hydrogen (secondary N) is 1. The molecule has 1 aromatic carbocycles. The second-order valence-corrected chi connectivity index (χ2v) is 6.81. The highest BCUT2D eigenvalue weighted by Gasteiger charge is 2.20. The van der Waals surface area contributed by atoms with Crippen LogP contribution in [0.5, 0.6) is 0 Å². The Kier molecular flexibility index (Phi) is 4.31. The molecule has 1 N–H and O–H groups in total. The van der Waals surface area contributed by atoms with Gasteiger partial charge in [0.2, 0.25) is 5.91 Å². The Hall–Kier alpha value is -3.10. The molecule has 0 aliphatic rings. The van der Waals surface area contributed by atoms with Crippen molar-refractivity contribution in [3.63, 3.8) is 0 Å². The summed E-state index contributed by atoms with van der Waals surface area (Å²) >= 11 is 0. The average molecular weight is 361 g/mol. The number of hydrogen-bond donors (Lipinski definition) is 1. The molecule has 0 aliphatic carbocycles. The summed E-state index contributed by atoms with van der Waals surface area (Å²) in [6.45, 7) is 5.42. The van der Waals surface area contributed by atoms with E-state index < -0.39 is 23.1 Å². The van der Waals surface area contributed by atoms with Crippen LogP contribution in [0.2, 0.25) is 0 Å². The molecule has 2 heterocycles. The number of nitrogens with zero attached hydrogens (tertiary/aromatic N) is 4. The molecule has 0 fully saturated rings. The van der Waals surface area contributed by atoms with Gasteiger partial charge in [0.05, 0.1) is 17.4 Å². The van der Waals surface area contributed by atoms with E-state index in [1.165, 1.54) is 12.5 Å². The number of rotatable bonds is 3. The van der Waals surface area contributed by atoms with Gasteiger partial charge in [-0.25, -0.2) is 18.4 Å². The zero-order valence-corrected chi connectivity index (χ0v) is 14.5. The molecular weight excluding hydrogens is 344 g/mol. The number of fused-ring (bicyclic) bond motifs is 1. The summed E-state index contributed by atoms with van der Waals surface area (Å²) < 4.78 is 29.2. The van der Waals surface area contributed by atoms with Crippen LogP contribution < -0.4 is 10.9 Å². The fourth-order valence-electron chi connectivity index (χ4n) is 2.49. The van der Waals surface area contributed by atoms with Crippen LogP contribution in [0.4, 0.5) is 14.5 Å².